The maximum atomic E-state index is 14.1. The van der Waals surface area contributed by atoms with Gasteiger partial charge in [0.25, 0.3) is 0 Å². The largest absolute Gasteiger partial charge is 0.380 e. The first-order valence-electron chi connectivity index (χ1n) is 5.52. The summed E-state index contributed by atoms with van der Waals surface area (Å²) in [6, 6.07) is 4.76. The predicted molar refractivity (Wildman–Crippen MR) is 70.0 cm³/mol. The summed E-state index contributed by atoms with van der Waals surface area (Å²) in [7, 11) is 0. The van der Waals surface area contributed by atoms with Gasteiger partial charge in [-0.2, -0.15) is 0 Å². The molecule has 1 aromatic heterocycles. The van der Waals surface area contributed by atoms with Gasteiger partial charge in [0, 0.05) is 11.0 Å². The lowest BCUT2D eigenvalue weighted by Gasteiger charge is -2.16. The van der Waals surface area contributed by atoms with Crippen LogP contribution >= 0.6 is 11.6 Å². The second-order valence-electron chi connectivity index (χ2n) is 5.12. The molecule has 0 spiro atoms. The van der Waals surface area contributed by atoms with Crippen molar-refractivity contribution in [3.05, 3.63) is 34.8 Å². The molecular formula is C13H14ClFN2O. The van der Waals surface area contributed by atoms with Crippen molar-refractivity contribution in [3.8, 4) is 11.1 Å². The smallest absolute Gasteiger partial charge is 0.175 e. The second kappa shape index (κ2) is 4.28. The normalized spacial score (nSPS) is 11.8. The van der Waals surface area contributed by atoms with Crippen molar-refractivity contribution in [3.63, 3.8) is 0 Å². The fourth-order valence-electron chi connectivity index (χ4n) is 1.77. The first-order valence-corrected chi connectivity index (χ1v) is 5.90. The summed E-state index contributed by atoms with van der Waals surface area (Å²) in [5.41, 5.74) is 6.24. The Morgan fingerprint density at radius 1 is 1.33 bits per heavy atom. The van der Waals surface area contributed by atoms with Gasteiger partial charge in [-0.05, 0) is 6.07 Å². The van der Waals surface area contributed by atoms with E-state index in [9.17, 15) is 4.39 Å². The van der Waals surface area contributed by atoms with Gasteiger partial charge in [-0.1, -0.05) is 49.7 Å². The summed E-state index contributed by atoms with van der Waals surface area (Å²) in [5.74, 6) is 0.196. The molecule has 96 valence electrons. The van der Waals surface area contributed by atoms with Gasteiger partial charge in [0.15, 0.2) is 11.6 Å². The van der Waals surface area contributed by atoms with Gasteiger partial charge in [-0.15, -0.1) is 0 Å². The average Bonchev–Trinajstić information content (AvgIpc) is 2.64. The Morgan fingerprint density at radius 3 is 2.61 bits per heavy atom. The minimum absolute atomic E-state index is 0.0490. The zero-order valence-electron chi connectivity index (χ0n) is 10.4. The molecule has 2 rings (SSSR count). The third-order valence-electron chi connectivity index (χ3n) is 2.62. The summed E-state index contributed by atoms with van der Waals surface area (Å²) in [6.07, 6.45) is 0. The van der Waals surface area contributed by atoms with E-state index < -0.39 is 5.82 Å². The van der Waals surface area contributed by atoms with Crippen LogP contribution in [0.5, 0.6) is 0 Å². The van der Waals surface area contributed by atoms with Gasteiger partial charge < -0.3 is 10.3 Å². The summed E-state index contributed by atoms with van der Waals surface area (Å²) < 4.78 is 19.3. The molecule has 0 unspecified atom stereocenters. The van der Waals surface area contributed by atoms with Gasteiger partial charge in [0.1, 0.15) is 5.82 Å². The summed E-state index contributed by atoms with van der Waals surface area (Å²) in [6.45, 7) is 5.83. The Labute approximate surface area is 110 Å². The molecule has 1 aromatic carbocycles. The van der Waals surface area contributed by atoms with E-state index in [1.807, 2.05) is 20.8 Å². The van der Waals surface area contributed by atoms with E-state index >= 15 is 0 Å². The van der Waals surface area contributed by atoms with Crippen molar-refractivity contribution >= 4 is 17.4 Å². The van der Waals surface area contributed by atoms with Crippen LogP contribution in [0.15, 0.2) is 22.7 Å². The predicted octanol–water partition coefficient (Wildman–Crippen LogP) is 4.01. The minimum Gasteiger partial charge on any atom is -0.380 e. The highest BCUT2D eigenvalue weighted by Gasteiger charge is 2.28. The quantitative estimate of drug-likeness (QED) is 0.850. The molecule has 0 aliphatic carbocycles. The lowest BCUT2D eigenvalue weighted by atomic mass is 9.88. The highest BCUT2D eigenvalue weighted by atomic mass is 35.5. The topological polar surface area (TPSA) is 52.0 Å². The first kappa shape index (κ1) is 12.9. The van der Waals surface area contributed by atoms with Crippen LogP contribution in [0.1, 0.15) is 26.5 Å². The molecule has 0 radical (unpaired) electrons. The Hall–Kier alpha value is -1.55. The number of halogens is 2. The molecule has 0 amide bonds. The van der Waals surface area contributed by atoms with E-state index in [1.165, 1.54) is 6.07 Å². The van der Waals surface area contributed by atoms with Crippen LogP contribution in [-0.4, -0.2) is 5.16 Å². The summed E-state index contributed by atoms with van der Waals surface area (Å²) >= 11 is 5.78. The zero-order chi connectivity index (χ0) is 13.5. The van der Waals surface area contributed by atoms with Crippen molar-refractivity contribution in [2.75, 3.05) is 5.73 Å². The molecular weight excluding hydrogens is 255 g/mol. The van der Waals surface area contributed by atoms with E-state index in [1.54, 1.807) is 12.1 Å². The zero-order valence-corrected chi connectivity index (χ0v) is 11.2. The highest BCUT2D eigenvalue weighted by Crippen LogP contribution is 2.39. The Bertz CT molecular complexity index is 587. The fraction of sp³-hybridized carbons (Fsp3) is 0.308. The maximum Gasteiger partial charge on any atom is 0.175 e. The van der Waals surface area contributed by atoms with Crippen molar-refractivity contribution in [1.29, 1.82) is 0 Å². The van der Waals surface area contributed by atoms with Crippen molar-refractivity contribution in [2.45, 2.75) is 26.2 Å². The lowest BCUT2D eigenvalue weighted by molar-refractivity contribution is 0.332. The van der Waals surface area contributed by atoms with Crippen molar-refractivity contribution in [1.82, 2.24) is 5.16 Å². The van der Waals surface area contributed by atoms with Gasteiger partial charge in [-0.25, -0.2) is 4.39 Å². The molecule has 1 heterocycles. The number of rotatable bonds is 1. The molecule has 0 aliphatic rings. The molecule has 2 aromatic rings. The van der Waals surface area contributed by atoms with E-state index in [-0.39, 0.29) is 16.3 Å². The molecule has 3 nitrogen and oxygen atoms in total. The molecule has 0 saturated heterocycles. The van der Waals surface area contributed by atoms with E-state index in [0.29, 0.717) is 16.9 Å². The Kier molecular flexibility index (Phi) is 3.07. The van der Waals surface area contributed by atoms with Gasteiger partial charge >= 0.3 is 0 Å². The average molecular weight is 269 g/mol. The van der Waals surface area contributed by atoms with Gasteiger partial charge in [0.05, 0.1) is 10.6 Å². The van der Waals surface area contributed by atoms with Crippen LogP contribution in [0, 0.1) is 5.82 Å². The number of nitrogen functional groups attached to an aromatic ring is 1. The monoisotopic (exact) mass is 268 g/mol. The molecule has 5 heteroatoms. The number of nitrogens with zero attached hydrogens (tertiary/aromatic N) is 1. The number of aromatic nitrogens is 1. The summed E-state index contributed by atoms with van der Waals surface area (Å²) in [5, 5.41) is 3.77. The molecule has 18 heavy (non-hydrogen) atoms. The number of nitrogens with two attached hydrogens (primary N) is 1. The van der Waals surface area contributed by atoms with Crippen molar-refractivity contribution in [2.24, 2.45) is 0 Å². The van der Waals surface area contributed by atoms with Crippen LogP contribution in [0.25, 0.3) is 11.1 Å². The molecule has 2 N–H and O–H groups in total. The van der Waals surface area contributed by atoms with Crippen LogP contribution in [0.2, 0.25) is 5.02 Å². The standard InChI is InChI=1S/C13H14ClFN2O/c1-13(2,3)11-9(12(16)17-18-11)7-5-4-6-8(14)10(7)15/h4-6H,1-3H3,(H2,16,17). The number of benzene rings is 1. The second-order valence-corrected chi connectivity index (χ2v) is 5.53. The molecule has 0 atom stereocenters. The molecule has 0 fully saturated rings. The van der Waals surface area contributed by atoms with Gasteiger partial charge in [0.2, 0.25) is 0 Å². The SMILES string of the molecule is CC(C)(C)c1onc(N)c1-c1cccc(Cl)c1F. The van der Waals surface area contributed by atoms with Crippen LogP contribution < -0.4 is 5.73 Å². The van der Waals surface area contributed by atoms with Crippen LogP contribution in [0.4, 0.5) is 10.2 Å². The van der Waals surface area contributed by atoms with Crippen LogP contribution in [0.3, 0.4) is 0 Å². The number of anilines is 1. The van der Waals surface area contributed by atoms with Gasteiger partial charge in [-0.3, -0.25) is 0 Å². The maximum absolute atomic E-state index is 14.1. The third-order valence-corrected chi connectivity index (χ3v) is 2.91. The van der Waals surface area contributed by atoms with Crippen LogP contribution in [-0.2, 0) is 5.41 Å². The van der Waals surface area contributed by atoms with Crippen molar-refractivity contribution < 1.29 is 8.91 Å². The fourth-order valence-corrected chi connectivity index (χ4v) is 1.95. The van der Waals surface area contributed by atoms with E-state index in [0.717, 1.165) is 0 Å². The third kappa shape index (κ3) is 2.08. The summed E-state index contributed by atoms with van der Waals surface area (Å²) in [4.78, 5) is 0. The van der Waals surface area contributed by atoms with E-state index in [2.05, 4.69) is 5.16 Å². The first-order chi connectivity index (χ1) is 8.32. The molecule has 0 bridgehead atoms. The Morgan fingerprint density at radius 2 is 2.00 bits per heavy atom. The molecule has 0 aliphatic heterocycles. The number of hydrogen-bond acceptors (Lipinski definition) is 3. The highest BCUT2D eigenvalue weighted by molar-refractivity contribution is 6.31. The lowest BCUT2D eigenvalue weighted by Crippen LogP contribution is -2.11. The van der Waals surface area contributed by atoms with E-state index in [4.69, 9.17) is 21.9 Å². The Balaban J connectivity index is 2.72. The number of hydrogen-bond donors (Lipinski definition) is 1. The minimum atomic E-state index is -0.514. The molecule has 0 saturated carbocycles.